The fourth-order valence-electron chi connectivity index (χ4n) is 1.11. The zero-order valence-electron chi connectivity index (χ0n) is 12.1. The topological polar surface area (TPSA) is 64.3 Å². The van der Waals surface area contributed by atoms with Crippen LogP contribution in [0.15, 0.2) is 24.4 Å². The average molecular weight is 273 g/mol. The summed E-state index contributed by atoms with van der Waals surface area (Å²) in [6.45, 7) is 6.42. The molecular weight excluding hydrogens is 246 g/mol. The lowest BCUT2D eigenvalue weighted by Crippen LogP contribution is -2.44. The number of hydrogen-bond donors (Lipinski definition) is 2. The third-order valence-corrected chi connectivity index (χ3v) is 3.76. The highest BCUT2D eigenvalue weighted by Crippen LogP contribution is 2.14. The molecule has 18 heavy (non-hydrogen) atoms. The zero-order valence-corrected chi connectivity index (χ0v) is 13.0. The SMILES string of the molecule is CN(C)/C=C\C=C\[C@H](CCN)N[S@+]([O-])C(C)(C)C. The predicted molar refractivity (Wildman–Crippen MR) is 80.5 cm³/mol. The van der Waals surface area contributed by atoms with Gasteiger partial charge >= 0.3 is 0 Å². The smallest absolute Gasteiger partial charge is 0.136 e. The van der Waals surface area contributed by atoms with Crippen molar-refractivity contribution >= 4 is 11.4 Å². The van der Waals surface area contributed by atoms with Gasteiger partial charge in [-0.2, -0.15) is 0 Å². The largest absolute Gasteiger partial charge is 0.598 e. The van der Waals surface area contributed by atoms with Gasteiger partial charge in [-0.15, -0.1) is 4.72 Å². The van der Waals surface area contributed by atoms with Crippen LogP contribution in [0.2, 0.25) is 0 Å². The van der Waals surface area contributed by atoms with Crippen molar-refractivity contribution in [1.82, 2.24) is 9.62 Å². The maximum Gasteiger partial charge on any atom is 0.136 e. The van der Waals surface area contributed by atoms with Crippen molar-refractivity contribution in [2.75, 3.05) is 20.6 Å². The average Bonchev–Trinajstić information content (AvgIpc) is 2.22. The molecule has 0 fully saturated rings. The van der Waals surface area contributed by atoms with Crippen molar-refractivity contribution in [1.29, 1.82) is 0 Å². The standard InChI is InChI=1S/C13H27N3OS/c1-13(2,3)18(17)15-12(9-10-14)8-6-7-11-16(4)5/h6-8,11-12,15H,9-10,14H2,1-5H3/b8-6+,11-7-/t12-,18-/m1/s1. The van der Waals surface area contributed by atoms with E-state index in [1.165, 1.54) is 0 Å². The van der Waals surface area contributed by atoms with Crippen molar-refractivity contribution in [2.24, 2.45) is 5.73 Å². The van der Waals surface area contributed by atoms with Crippen LogP contribution in [0.4, 0.5) is 0 Å². The summed E-state index contributed by atoms with van der Waals surface area (Å²) in [6, 6.07) is 0.0434. The Morgan fingerprint density at radius 1 is 1.33 bits per heavy atom. The fourth-order valence-corrected chi connectivity index (χ4v) is 1.93. The van der Waals surface area contributed by atoms with Crippen molar-refractivity contribution < 1.29 is 4.55 Å². The van der Waals surface area contributed by atoms with Gasteiger partial charge in [0.05, 0.1) is 6.04 Å². The molecule has 0 bridgehead atoms. The minimum Gasteiger partial charge on any atom is -0.598 e. The first-order valence-electron chi connectivity index (χ1n) is 6.17. The highest BCUT2D eigenvalue weighted by atomic mass is 32.2. The molecule has 0 aromatic carbocycles. The number of allylic oxidation sites excluding steroid dienone is 2. The van der Waals surface area contributed by atoms with Gasteiger partial charge in [0.1, 0.15) is 4.75 Å². The molecule has 0 aliphatic carbocycles. The van der Waals surface area contributed by atoms with Crippen LogP contribution < -0.4 is 10.5 Å². The number of hydrogen-bond acceptors (Lipinski definition) is 4. The van der Waals surface area contributed by atoms with E-state index in [1.807, 2.05) is 64.2 Å². The monoisotopic (exact) mass is 273 g/mol. The maximum atomic E-state index is 12.0. The summed E-state index contributed by atoms with van der Waals surface area (Å²) in [6.07, 6.45) is 8.62. The van der Waals surface area contributed by atoms with Gasteiger partial charge in [0, 0.05) is 25.5 Å². The molecule has 3 N–H and O–H groups in total. The van der Waals surface area contributed by atoms with Crippen LogP contribution in [0.3, 0.4) is 0 Å². The molecule has 0 rings (SSSR count). The quantitative estimate of drug-likeness (QED) is 0.543. The van der Waals surface area contributed by atoms with Crippen LogP contribution in [0, 0.1) is 0 Å². The number of nitrogens with one attached hydrogen (secondary N) is 1. The molecule has 0 aromatic rings. The molecule has 106 valence electrons. The van der Waals surface area contributed by atoms with E-state index < -0.39 is 11.4 Å². The molecule has 5 heteroatoms. The molecule has 0 aliphatic rings. The molecule has 0 aromatic heterocycles. The van der Waals surface area contributed by atoms with E-state index in [4.69, 9.17) is 5.73 Å². The molecular formula is C13H27N3OS. The Bertz CT molecular complexity index is 272. The van der Waals surface area contributed by atoms with E-state index in [2.05, 4.69) is 4.72 Å². The minimum atomic E-state index is -1.07. The van der Waals surface area contributed by atoms with Crippen molar-refractivity contribution in [2.45, 2.75) is 38.0 Å². The first kappa shape index (κ1) is 17.5. The zero-order chi connectivity index (χ0) is 14.2. The predicted octanol–water partition coefficient (Wildman–Crippen LogP) is 1.39. The third kappa shape index (κ3) is 8.58. The number of nitrogens with zero attached hydrogens (tertiary/aromatic N) is 1. The van der Waals surface area contributed by atoms with Gasteiger partial charge in [0.2, 0.25) is 0 Å². The highest BCUT2D eigenvalue weighted by Gasteiger charge is 2.28. The Morgan fingerprint density at radius 2 is 1.94 bits per heavy atom. The summed E-state index contributed by atoms with van der Waals surface area (Å²) in [5.41, 5.74) is 5.57. The van der Waals surface area contributed by atoms with E-state index in [0.717, 1.165) is 6.42 Å². The van der Waals surface area contributed by atoms with E-state index >= 15 is 0 Å². The lowest BCUT2D eigenvalue weighted by Gasteiger charge is -2.26. The summed E-state index contributed by atoms with van der Waals surface area (Å²) in [5, 5.41) is 0. The van der Waals surface area contributed by atoms with Crippen LogP contribution in [0.25, 0.3) is 0 Å². The number of rotatable bonds is 7. The molecule has 0 amide bonds. The van der Waals surface area contributed by atoms with E-state index in [-0.39, 0.29) is 10.8 Å². The molecule has 0 radical (unpaired) electrons. The highest BCUT2D eigenvalue weighted by molar-refractivity contribution is 7.90. The second kappa shape index (κ2) is 8.58. The second-order valence-electron chi connectivity index (χ2n) is 5.37. The van der Waals surface area contributed by atoms with Gasteiger partial charge in [-0.3, -0.25) is 0 Å². The van der Waals surface area contributed by atoms with Gasteiger partial charge in [0.25, 0.3) is 0 Å². The van der Waals surface area contributed by atoms with Gasteiger partial charge in [-0.05, 0) is 46.0 Å². The Hall–Kier alpha value is -0.490. The second-order valence-corrected chi connectivity index (χ2v) is 7.37. The van der Waals surface area contributed by atoms with E-state index in [1.54, 1.807) is 0 Å². The molecule has 0 spiro atoms. The van der Waals surface area contributed by atoms with Gasteiger partial charge in [-0.1, -0.05) is 12.2 Å². The van der Waals surface area contributed by atoms with Crippen LogP contribution in [0.5, 0.6) is 0 Å². The van der Waals surface area contributed by atoms with Gasteiger partial charge in [0.15, 0.2) is 0 Å². The summed E-state index contributed by atoms with van der Waals surface area (Å²) in [5.74, 6) is 0. The van der Waals surface area contributed by atoms with Crippen LogP contribution in [-0.4, -0.2) is 40.9 Å². The minimum absolute atomic E-state index is 0.0434. The Kier molecular flexibility index (Phi) is 8.35. The molecule has 0 heterocycles. The first-order valence-corrected chi connectivity index (χ1v) is 7.32. The Labute approximate surface area is 115 Å². The van der Waals surface area contributed by atoms with Gasteiger partial charge < -0.3 is 15.2 Å². The normalized spacial score (nSPS) is 16.4. The van der Waals surface area contributed by atoms with E-state index in [0.29, 0.717) is 6.54 Å². The van der Waals surface area contributed by atoms with Crippen molar-refractivity contribution in [3.8, 4) is 0 Å². The summed E-state index contributed by atoms with van der Waals surface area (Å²) in [4.78, 5) is 1.96. The molecule has 2 atom stereocenters. The summed E-state index contributed by atoms with van der Waals surface area (Å²) in [7, 11) is 3.93. The lowest BCUT2D eigenvalue weighted by molar-refractivity contribution is 0.530. The molecule has 0 saturated heterocycles. The van der Waals surface area contributed by atoms with Crippen molar-refractivity contribution in [3.63, 3.8) is 0 Å². The summed E-state index contributed by atoms with van der Waals surface area (Å²) >= 11 is -1.07. The van der Waals surface area contributed by atoms with E-state index in [9.17, 15) is 4.55 Å². The van der Waals surface area contributed by atoms with Crippen molar-refractivity contribution in [3.05, 3.63) is 24.4 Å². The Balaban J connectivity index is 4.39. The van der Waals surface area contributed by atoms with Crippen LogP contribution in [0.1, 0.15) is 27.2 Å². The first-order chi connectivity index (χ1) is 8.27. The maximum absolute atomic E-state index is 12.0. The third-order valence-electron chi connectivity index (χ3n) is 2.13. The lowest BCUT2D eigenvalue weighted by atomic mass is 10.2. The summed E-state index contributed by atoms with van der Waals surface area (Å²) < 4.78 is 14.8. The number of nitrogens with two attached hydrogens (primary N) is 1. The molecule has 0 saturated carbocycles. The molecule has 4 nitrogen and oxygen atoms in total. The van der Waals surface area contributed by atoms with Crippen LogP contribution >= 0.6 is 0 Å². The van der Waals surface area contributed by atoms with Gasteiger partial charge in [-0.25, -0.2) is 0 Å². The molecule has 0 unspecified atom stereocenters. The molecule has 0 aliphatic heterocycles. The van der Waals surface area contributed by atoms with Crippen LogP contribution in [-0.2, 0) is 11.4 Å². The fraction of sp³-hybridized carbons (Fsp3) is 0.692. The Morgan fingerprint density at radius 3 is 2.39 bits per heavy atom.